The van der Waals surface area contributed by atoms with Gasteiger partial charge in [0.25, 0.3) is 0 Å². The molecule has 1 aliphatic rings. The van der Waals surface area contributed by atoms with Gasteiger partial charge >= 0.3 is 0 Å². The van der Waals surface area contributed by atoms with Gasteiger partial charge in [-0.25, -0.2) is 4.39 Å². The highest BCUT2D eigenvalue weighted by Crippen LogP contribution is 2.35. The van der Waals surface area contributed by atoms with Gasteiger partial charge in [-0.2, -0.15) is 0 Å². The fourth-order valence-corrected chi connectivity index (χ4v) is 2.92. The van der Waals surface area contributed by atoms with Gasteiger partial charge in [-0.15, -0.1) is 0 Å². The molecule has 1 nitrogen and oxygen atoms in total. The topological polar surface area (TPSA) is 20.2 Å². The van der Waals surface area contributed by atoms with E-state index in [4.69, 9.17) is 0 Å². The Balaban J connectivity index is 2.12. The van der Waals surface area contributed by atoms with Crippen LogP contribution in [0.25, 0.3) is 0 Å². The Kier molecular flexibility index (Phi) is 3.88. The van der Waals surface area contributed by atoms with E-state index < -0.39 is 5.60 Å². The van der Waals surface area contributed by atoms with E-state index in [1.54, 1.807) is 12.1 Å². The standard InChI is InChI=1S/C14H18BrFO/c1-10-4-6-14(17,7-5-10)9-11-8-12(15)2-3-13(11)16/h2-3,8,10,17H,4-7,9H2,1H3. The van der Waals surface area contributed by atoms with Gasteiger partial charge in [0.15, 0.2) is 0 Å². The van der Waals surface area contributed by atoms with Crippen LogP contribution in [0.4, 0.5) is 4.39 Å². The summed E-state index contributed by atoms with van der Waals surface area (Å²) in [5.74, 6) is 0.461. The zero-order valence-electron chi connectivity index (χ0n) is 10.0. The first-order chi connectivity index (χ1) is 7.98. The van der Waals surface area contributed by atoms with Crippen LogP contribution >= 0.6 is 15.9 Å². The van der Waals surface area contributed by atoms with E-state index in [9.17, 15) is 9.50 Å². The molecule has 17 heavy (non-hydrogen) atoms. The van der Waals surface area contributed by atoms with Crippen molar-refractivity contribution in [2.75, 3.05) is 0 Å². The molecule has 0 spiro atoms. The third kappa shape index (κ3) is 3.29. The number of aliphatic hydroxyl groups is 1. The molecule has 2 rings (SSSR count). The fourth-order valence-electron chi connectivity index (χ4n) is 2.51. The number of benzene rings is 1. The number of hydrogen-bond donors (Lipinski definition) is 1. The van der Waals surface area contributed by atoms with Crippen molar-refractivity contribution in [1.29, 1.82) is 0 Å². The van der Waals surface area contributed by atoms with Gasteiger partial charge in [0, 0.05) is 10.9 Å². The fraction of sp³-hybridized carbons (Fsp3) is 0.571. The minimum Gasteiger partial charge on any atom is -0.390 e. The van der Waals surface area contributed by atoms with Crippen LogP contribution in [0.3, 0.4) is 0 Å². The van der Waals surface area contributed by atoms with Crippen molar-refractivity contribution in [1.82, 2.24) is 0 Å². The molecule has 0 heterocycles. The normalized spacial score (nSPS) is 29.3. The molecule has 94 valence electrons. The number of hydrogen-bond acceptors (Lipinski definition) is 1. The van der Waals surface area contributed by atoms with Crippen LogP contribution in [0, 0.1) is 11.7 Å². The number of halogens is 2. The number of rotatable bonds is 2. The van der Waals surface area contributed by atoms with Crippen molar-refractivity contribution >= 4 is 15.9 Å². The summed E-state index contributed by atoms with van der Waals surface area (Å²) in [4.78, 5) is 0. The van der Waals surface area contributed by atoms with E-state index in [1.807, 2.05) is 0 Å². The van der Waals surface area contributed by atoms with E-state index in [-0.39, 0.29) is 5.82 Å². The van der Waals surface area contributed by atoms with Gasteiger partial charge in [-0.3, -0.25) is 0 Å². The van der Waals surface area contributed by atoms with Gasteiger partial charge in [0.05, 0.1) is 5.60 Å². The van der Waals surface area contributed by atoms with Crippen LogP contribution in [-0.2, 0) is 6.42 Å². The summed E-state index contributed by atoms with van der Waals surface area (Å²) in [6.07, 6.45) is 4.05. The summed E-state index contributed by atoms with van der Waals surface area (Å²) >= 11 is 3.34. The van der Waals surface area contributed by atoms with E-state index >= 15 is 0 Å². The molecule has 1 saturated carbocycles. The largest absolute Gasteiger partial charge is 0.390 e. The molecule has 1 fully saturated rings. The first-order valence-corrected chi connectivity index (χ1v) is 6.94. The maximum atomic E-state index is 13.6. The van der Waals surface area contributed by atoms with Crippen LogP contribution < -0.4 is 0 Å². The van der Waals surface area contributed by atoms with E-state index in [2.05, 4.69) is 22.9 Å². The summed E-state index contributed by atoms with van der Waals surface area (Å²) < 4.78 is 14.5. The van der Waals surface area contributed by atoms with Crippen LogP contribution in [0.1, 0.15) is 38.2 Å². The Morgan fingerprint density at radius 2 is 2.06 bits per heavy atom. The highest BCUT2D eigenvalue weighted by atomic mass is 79.9. The van der Waals surface area contributed by atoms with Crippen LogP contribution in [0.15, 0.2) is 22.7 Å². The van der Waals surface area contributed by atoms with Crippen molar-refractivity contribution in [2.45, 2.75) is 44.6 Å². The maximum Gasteiger partial charge on any atom is 0.126 e. The van der Waals surface area contributed by atoms with E-state index in [0.29, 0.717) is 17.9 Å². The summed E-state index contributed by atoms with van der Waals surface area (Å²) in [5, 5.41) is 10.5. The first kappa shape index (κ1) is 13.0. The molecule has 0 aromatic heterocycles. The van der Waals surface area contributed by atoms with Crippen molar-refractivity contribution in [3.05, 3.63) is 34.1 Å². The Labute approximate surface area is 110 Å². The summed E-state index contributed by atoms with van der Waals surface area (Å²) in [6.45, 7) is 2.21. The molecule has 0 unspecified atom stereocenters. The molecule has 0 amide bonds. The van der Waals surface area contributed by atoms with Crippen LogP contribution in [-0.4, -0.2) is 10.7 Å². The van der Waals surface area contributed by atoms with Gasteiger partial charge in [0.2, 0.25) is 0 Å². The molecule has 0 aliphatic heterocycles. The van der Waals surface area contributed by atoms with Crippen molar-refractivity contribution in [3.8, 4) is 0 Å². The molecule has 0 radical (unpaired) electrons. The monoisotopic (exact) mass is 300 g/mol. The molecular formula is C14H18BrFO. The highest BCUT2D eigenvalue weighted by molar-refractivity contribution is 9.10. The summed E-state index contributed by atoms with van der Waals surface area (Å²) in [5.41, 5.74) is -0.106. The Hall–Kier alpha value is -0.410. The predicted molar refractivity (Wildman–Crippen MR) is 70.4 cm³/mol. The molecule has 0 atom stereocenters. The smallest absolute Gasteiger partial charge is 0.126 e. The lowest BCUT2D eigenvalue weighted by Gasteiger charge is -2.35. The SMILES string of the molecule is CC1CCC(O)(Cc2cc(Br)ccc2F)CC1. The predicted octanol–water partition coefficient (Wildman–Crippen LogP) is 4.07. The van der Waals surface area contributed by atoms with Crippen molar-refractivity contribution in [2.24, 2.45) is 5.92 Å². The minimum atomic E-state index is -0.714. The lowest BCUT2D eigenvalue weighted by atomic mass is 9.76. The highest BCUT2D eigenvalue weighted by Gasteiger charge is 2.32. The summed E-state index contributed by atoms with van der Waals surface area (Å²) in [7, 11) is 0. The lowest BCUT2D eigenvalue weighted by molar-refractivity contribution is -0.00732. The molecule has 1 aromatic carbocycles. The Bertz CT molecular complexity index is 397. The van der Waals surface area contributed by atoms with Crippen LogP contribution in [0.5, 0.6) is 0 Å². The van der Waals surface area contributed by atoms with Crippen LogP contribution in [0.2, 0.25) is 0 Å². The Morgan fingerprint density at radius 1 is 1.41 bits per heavy atom. The second-order valence-corrected chi connectivity index (χ2v) is 6.24. The molecule has 0 bridgehead atoms. The van der Waals surface area contributed by atoms with Gasteiger partial charge < -0.3 is 5.11 Å². The Morgan fingerprint density at radius 3 is 2.71 bits per heavy atom. The second kappa shape index (κ2) is 5.07. The zero-order chi connectivity index (χ0) is 12.5. The van der Waals surface area contributed by atoms with Gasteiger partial charge in [-0.1, -0.05) is 22.9 Å². The van der Waals surface area contributed by atoms with E-state index in [0.717, 1.165) is 30.2 Å². The molecule has 0 saturated heterocycles. The van der Waals surface area contributed by atoms with Gasteiger partial charge in [0.1, 0.15) is 5.82 Å². The van der Waals surface area contributed by atoms with E-state index in [1.165, 1.54) is 6.07 Å². The first-order valence-electron chi connectivity index (χ1n) is 6.15. The average molecular weight is 301 g/mol. The molecular weight excluding hydrogens is 283 g/mol. The maximum absolute atomic E-state index is 13.6. The molecule has 3 heteroatoms. The quantitative estimate of drug-likeness (QED) is 0.873. The minimum absolute atomic E-state index is 0.222. The molecule has 1 N–H and O–H groups in total. The third-order valence-corrected chi connectivity index (χ3v) is 4.23. The zero-order valence-corrected chi connectivity index (χ0v) is 11.6. The van der Waals surface area contributed by atoms with Crippen molar-refractivity contribution in [3.63, 3.8) is 0 Å². The molecule has 1 aliphatic carbocycles. The lowest BCUT2D eigenvalue weighted by Crippen LogP contribution is -2.36. The average Bonchev–Trinajstić information content (AvgIpc) is 2.28. The molecule has 1 aromatic rings. The second-order valence-electron chi connectivity index (χ2n) is 5.32. The third-order valence-electron chi connectivity index (χ3n) is 3.73. The van der Waals surface area contributed by atoms with Gasteiger partial charge in [-0.05, 0) is 55.4 Å². The van der Waals surface area contributed by atoms with Crippen molar-refractivity contribution < 1.29 is 9.50 Å². The summed E-state index contributed by atoms with van der Waals surface area (Å²) in [6, 6.07) is 4.91.